The SMILES string of the molecule is CC1(Oc2ccc(NC(=O)Nc3ccc(C4=CCC(=O)C5=C4OCC5)cc3F)cc2C(F)(F)F)COC1. The van der Waals surface area contributed by atoms with E-state index in [9.17, 15) is 27.2 Å². The number of anilines is 2. The first kappa shape index (κ1) is 24.8. The average molecular weight is 518 g/mol. The third kappa shape index (κ3) is 5.04. The third-order valence-electron chi connectivity index (χ3n) is 6.19. The van der Waals surface area contributed by atoms with E-state index in [1.54, 1.807) is 19.1 Å². The number of benzene rings is 2. The van der Waals surface area contributed by atoms with Crippen LogP contribution in [0, 0.1) is 5.82 Å². The Labute approximate surface area is 209 Å². The Morgan fingerprint density at radius 1 is 1.11 bits per heavy atom. The number of alkyl halides is 3. The van der Waals surface area contributed by atoms with Gasteiger partial charge in [-0.25, -0.2) is 9.18 Å². The van der Waals surface area contributed by atoms with E-state index in [0.29, 0.717) is 35.5 Å². The highest BCUT2D eigenvalue weighted by molar-refractivity contribution is 6.04. The van der Waals surface area contributed by atoms with Crippen molar-refractivity contribution in [2.45, 2.75) is 31.5 Å². The zero-order valence-corrected chi connectivity index (χ0v) is 19.6. The first-order valence-corrected chi connectivity index (χ1v) is 11.5. The molecule has 194 valence electrons. The molecule has 0 bridgehead atoms. The number of carbonyl (C=O) groups is 2. The van der Waals surface area contributed by atoms with Gasteiger partial charge in [0.1, 0.15) is 17.3 Å². The lowest BCUT2D eigenvalue weighted by Gasteiger charge is -2.38. The van der Waals surface area contributed by atoms with Crippen LogP contribution in [0.2, 0.25) is 0 Å². The maximum absolute atomic E-state index is 14.8. The van der Waals surface area contributed by atoms with Gasteiger partial charge in [0, 0.05) is 29.7 Å². The predicted molar refractivity (Wildman–Crippen MR) is 126 cm³/mol. The Kier molecular flexibility index (Phi) is 6.18. The van der Waals surface area contributed by atoms with Crippen LogP contribution >= 0.6 is 0 Å². The Bertz CT molecular complexity index is 1340. The standard InChI is InChI=1S/C26H22F4N2O5/c1-25(12-35-13-25)37-22-7-3-15(11-18(22)26(28,29)30)31-24(34)32-20-5-2-14(10-19(20)27)16-4-6-21(33)17-8-9-36-23(16)17/h2-5,7,10-11H,6,8-9,12-13H2,1H3,(H2,31,32,34). The summed E-state index contributed by atoms with van der Waals surface area (Å²) in [5.41, 5.74) is -0.586. The lowest BCUT2D eigenvalue weighted by molar-refractivity contribution is -0.160. The average Bonchev–Trinajstić information content (AvgIpc) is 3.31. The molecule has 7 nitrogen and oxygen atoms in total. The molecule has 0 unspecified atom stereocenters. The van der Waals surface area contributed by atoms with Crippen molar-refractivity contribution in [2.24, 2.45) is 0 Å². The monoisotopic (exact) mass is 518 g/mol. The van der Waals surface area contributed by atoms with Crippen molar-refractivity contribution in [1.29, 1.82) is 0 Å². The smallest absolute Gasteiger partial charge is 0.420 e. The van der Waals surface area contributed by atoms with E-state index in [4.69, 9.17) is 14.2 Å². The van der Waals surface area contributed by atoms with Crippen molar-refractivity contribution < 1.29 is 41.4 Å². The van der Waals surface area contributed by atoms with E-state index < -0.39 is 29.2 Å². The molecule has 1 saturated heterocycles. The van der Waals surface area contributed by atoms with Crippen molar-refractivity contribution in [3.05, 3.63) is 70.8 Å². The van der Waals surface area contributed by atoms with Crippen molar-refractivity contribution in [2.75, 3.05) is 30.5 Å². The topological polar surface area (TPSA) is 85.9 Å². The highest BCUT2D eigenvalue weighted by Gasteiger charge is 2.40. The minimum atomic E-state index is -4.73. The van der Waals surface area contributed by atoms with Gasteiger partial charge in [0.05, 0.1) is 31.1 Å². The highest BCUT2D eigenvalue weighted by atomic mass is 19.4. The van der Waals surface area contributed by atoms with Crippen molar-refractivity contribution in [3.63, 3.8) is 0 Å². The maximum atomic E-state index is 14.8. The molecule has 2 N–H and O–H groups in total. The molecule has 0 saturated carbocycles. The summed E-state index contributed by atoms with van der Waals surface area (Å²) in [6.07, 6.45) is -2.36. The number of Topliss-reactive ketones (excluding diaryl/α,β-unsaturated/α-hetero) is 1. The number of allylic oxidation sites excluding steroid dienone is 2. The lowest BCUT2D eigenvalue weighted by Crippen LogP contribution is -2.51. The van der Waals surface area contributed by atoms with Crippen LogP contribution in [0.1, 0.15) is 30.9 Å². The highest BCUT2D eigenvalue weighted by Crippen LogP contribution is 2.40. The molecule has 37 heavy (non-hydrogen) atoms. The number of ketones is 1. The minimum absolute atomic E-state index is 0.0220. The van der Waals surface area contributed by atoms with Gasteiger partial charge >= 0.3 is 12.2 Å². The zero-order chi connectivity index (χ0) is 26.4. The van der Waals surface area contributed by atoms with Crippen LogP contribution < -0.4 is 15.4 Å². The number of carbonyl (C=O) groups excluding carboxylic acids is 2. The van der Waals surface area contributed by atoms with Gasteiger partial charge in [-0.1, -0.05) is 12.1 Å². The van der Waals surface area contributed by atoms with Gasteiger partial charge in [-0.2, -0.15) is 13.2 Å². The number of nitrogens with one attached hydrogen (secondary N) is 2. The summed E-state index contributed by atoms with van der Waals surface area (Å²) in [4.78, 5) is 24.5. The molecular weight excluding hydrogens is 496 g/mol. The number of ether oxygens (including phenoxy) is 3. The third-order valence-corrected chi connectivity index (χ3v) is 6.19. The van der Waals surface area contributed by atoms with Crippen molar-refractivity contribution in [3.8, 4) is 5.75 Å². The Balaban J connectivity index is 1.30. The van der Waals surface area contributed by atoms with Crippen LogP contribution in [0.4, 0.5) is 33.7 Å². The van der Waals surface area contributed by atoms with E-state index in [0.717, 1.165) is 12.1 Å². The molecule has 3 aliphatic rings. The van der Waals surface area contributed by atoms with Gasteiger partial charge in [-0.3, -0.25) is 4.79 Å². The van der Waals surface area contributed by atoms with Gasteiger partial charge in [0.25, 0.3) is 0 Å². The molecule has 2 heterocycles. The molecule has 2 amide bonds. The van der Waals surface area contributed by atoms with E-state index in [2.05, 4.69) is 10.6 Å². The fraction of sp³-hybridized carbons (Fsp3) is 0.308. The molecule has 0 aromatic heterocycles. The van der Waals surface area contributed by atoms with Crippen LogP contribution in [0.15, 0.2) is 53.8 Å². The molecule has 1 aliphatic carbocycles. The van der Waals surface area contributed by atoms with Crippen LogP contribution in [0.5, 0.6) is 5.75 Å². The van der Waals surface area contributed by atoms with E-state index in [1.165, 1.54) is 18.2 Å². The summed E-state index contributed by atoms with van der Waals surface area (Å²) in [5, 5.41) is 4.59. The second-order valence-electron chi connectivity index (χ2n) is 9.18. The number of amides is 2. The number of rotatable bonds is 5. The summed E-state index contributed by atoms with van der Waals surface area (Å²) in [6, 6.07) is 6.29. The minimum Gasteiger partial charge on any atom is -0.492 e. The molecular formula is C26H22F4N2O5. The van der Waals surface area contributed by atoms with E-state index >= 15 is 0 Å². The summed E-state index contributed by atoms with van der Waals surface area (Å²) in [7, 11) is 0. The fourth-order valence-electron chi connectivity index (χ4n) is 4.32. The summed E-state index contributed by atoms with van der Waals surface area (Å²) >= 11 is 0. The predicted octanol–water partition coefficient (Wildman–Crippen LogP) is 5.69. The number of halogens is 4. The van der Waals surface area contributed by atoms with Crippen LogP contribution in [-0.4, -0.2) is 37.2 Å². The number of urea groups is 1. The number of hydrogen-bond donors (Lipinski definition) is 2. The molecule has 0 radical (unpaired) electrons. The van der Waals surface area contributed by atoms with E-state index in [-0.39, 0.29) is 42.5 Å². The Morgan fingerprint density at radius 2 is 1.89 bits per heavy atom. The van der Waals surface area contributed by atoms with E-state index in [1.807, 2.05) is 0 Å². The Hall–Kier alpha value is -3.86. The summed E-state index contributed by atoms with van der Waals surface area (Å²) < 4.78 is 71.8. The molecule has 1 fully saturated rings. The van der Waals surface area contributed by atoms with Gasteiger partial charge in [-0.05, 0) is 42.8 Å². The Morgan fingerprint density at radius 3 is 2.57 bits per heavy atom. The lowest BCUT2D eigenvalue weighted by atomic mass is 9.91. The van der Waals surface area contributed by atoms with Gasteiger partial charge in [0.15, 0.2) is 11.4 Å². The van der Waals surface area contributed by atoms with Crippen LogP contribution in [0.25, 0.3) is 5.57 Å². The number of hydrogen-bond acceptors (Lipinski definition) is 5. The first-order valence-electron chi connectivity index (χ1n) is 11.5. The second-order valence-corrected chi connectivity index (χ2v) is 9.18. The molecule has 2 aromatic carbocycles. The van der Waals surface area contributed by atoms with Gasteiger partial charge in [-0.15, -0.1) is 0 Å². The fourth-order valence-corrected chi connectivity index (χ4v) is 4.32. The quantitative estimate of drug-likeness (QED) is 0.497. The van der Waals surface area contributed by atoms with Gasteiger partial charge < -0.3 is 24.8 Å². The molecule has 5 rings (SSSR count). The van der Waals surface area contributed by atoms with Crippen molar-refractivity contribution >= 4 is 28.8 Å². The molecule has 2 aliphatic heterocycles. The molecule has 0 atom stereocenters. The zero-order valence-electron chi connectivity index (χ0n) is 19.6. The molecule has 11 heteroatoms. The largest absolute Gasteiger partial charge is 0.492 e. The summed E-state index contributed by atoms with van der Waals surface area (Å²) in [6.45, 7) is 2.35. The van der Waals surface area contributed by atoms with Gasteiger partial charge in [0.2, 0.25) is 0 Å². The maximum Gasteiger partial charge on any atom is 0.420 e. The van der Waals surface area contributed by atoms with Crippen LogP contribution in [-0.2, 0) is 20.4 Å². The second kappa shape index (κ2) is 9.22. The first-order chi connectivity index (χ1) is 17.5. The molecule has 2 aromatic rings. The van der Waals surface area contributed by atoms with Crippen LogP contribution in [0.3, 0.4) is 0 Å². The summed E-state index contributed by atoms with van der Waals surface area (Å²) in [5.74, 6) is -0.720. The molecule has 0 spiro atoms. The van der Waals surface area contributed by atoms with Crippen molar-refractivity contribution in [1.82, 2.24) is 0 Å². The normalized spacial score (nSPS) is 18.4.